The van der Waals surface area contributed by atoms with Gasteiger partial charge in [-0.3, -0.25) is 0 Å². The fourth-order valence-corrected chi connectivity index (χ4v) is 2.56. The number of hydrogen-bond acceptors (Lipinski definition) is 2. The van der Waals surface area contributed by atoms with Crippen molar-refractivity contribution in [3.05, 3.63) is 71.5 Å². The molecule has 1 heterocycles. The summed E-state index contributed by atoms with van der Waals surface area (Å²) < 4.78 is 5.80. The van der Waals surface area contributed by atoms with E-state index in [0.717, 1.165) is 17.9 Å². The number of furan rings is 1. The molecular weight excluding hydrogens is 246 g/mol. The average Bonchev–Trinajstić information content (AvgIpc) is 2.81. The minimum Gasteiger partial charge on any atom is -0.461 e. The van der Waals surface area contributed by atoms with E-state index in [0.29, 0.717) is 6.04 Å². The van der Waals surface area contributed by atoms with Gasteiger partial charge in [-0.2, -0.15) is 0 Å². The predicted molar refractivity (Wildman–Crippen MR) is 82.6 cm³/mol. The van der Waals surface area contributed by atoms with E-state index in [1.807, 2.05) is 25.1 Å². The van der Waals surface area contributed by atoms with Gasteiger partial charge < -0.3 is 9.73 Å². The molecule has 1 N–H and O–H groups in total. The van der Waals surface area contributed by atoms with Gasteiger partial charge >= 0.3 is 0 Å². The van der Waals surface area contributed by atoms with Crippen LogP contribution < -0.4 is 5.32 Å². The van der Waals surface area contributed by atoms with Gasteiger partial charge in [-0.1, -0.05) is 48.5 Å². The van der Waals surface area contributed by atoms with Crippen LogP contribution in [-0.4, -0.2) is 0 Å². The Morgan fingerprint density at radius 3 is 2.50 bits per heavy atom. The highest BCUT2D eigenvalue weighted by atomic mass is 16.3. The first-order valence-corrected chi connectivity index (χ1v) is 7.01. The van der Waals surface area contributed by atoms with E-state index < -0.39 is 0 Å². The standard InChI is InChI=1S/C18H19NO/c1-13(15-8-4-3-5-9-15)19-12-17-14(2)20-18-11-7-6-10-16(17)18/h3-11,13,19H,12H2,1-2H3. The van der Waals surface area contributed by atoms with Crippen LogP contribution in [0.4, 0.5) is 0 Å². The monoisotopic (exact) mass is 265 g/mol. The van der Waals surface area contributed by atoms with Crippen molar-refractivity contribution in [2.75, 3.05) is 0 Å². The van der Waals surface area contributed by atoms with Crippen molar-refractivity contribution in [2.45, 2.75) is 26.4 Å². The topological polar surface area (TPSA) is 25.2 Å². The Bertz CT molecular complexity index is 700. The average molecular weight is 265 g/mol. The van der Waals surface area contributed by atoms with Gasteiger partial charge in [-0.05, 0) is 25.5 Å². The second-order valence-corrected chi connectivity index (χ2v) is 5.15. The van der Waals surface area contributed by atoms with Crippen LogP contribution >= 0.6 is 0 Å². The Kier molecular flexibility index (Phi) is 3.57. The second kappa shape index (κ2) is 5.51. The molecule has 3 aromatic rings. The number of benzene rings is 2. The summed E-state index contributed by atoms with van der Waals surface area (Å²) in [5.74, 6) is 0.999. The molecule has 0 saturated carbocycles. The van der Waals surface area contributed by atoms with Gasteiger partial charge in [-0.25, -0.2) is 0 Å². The highest BCUT2D eigenvalue weighted by Gasteiger charge is 2.11. The number of para-hydroxylation sites is 1. The Morgan fingerprint density at radius 1 is 1.00 bits per heavy atom. The first kappa shape index (κ1) is 12.9. The van der Waals surface area contributed by atoms with Crippen molar-refractivity contribution in [2.24, 2.45) is 0 Å². The number of nitrogens with one attached hydrogen (secondary N) is 1. The van der Waals surface area contributed by atoms with Crippen molar-refractivity contribution in [3.63, 3.8) is 0 Å². The Labute approximate surface area is 119 Å². The van der Waals surface area contributed by atoms with Crippen LogP contribution in [0.5, 0.6) is 0 Å². The molecule has 20 heavy (non-hydrogen) atoms. The largest absolute Gasteiger partial charge is 0.461 e. The quantitative estimate of drug-likeness (QED) is 0.746. The van der Waals surface area contributed by atoms with E-state index in [9.17, 15) is 0 Å². The smallest absolute Gasteiger partial charge is 0.134 e. The molecule has 0 fully saturated rings. The van der Waals surface area contributed by atoms with E-state index in [-0.39, 0.29) is 0 Å². The maximum atomic E-state index is 5.80. The summed E-state index contributed by atoms with van der Waals surface area (Å²) in [5.41, 5.74) is 3.52. The maximum absolute atomic E-state index is 5.80. The van der Waals surface area contributed by atoms with E-state index in [2.05, 4.69) is 48.6 Å². The fourth-order valence-electron chi connectivity index (χ4n) is 2.56. The molecule has 102 valence electrons. The summed E-state index contributed by atoms with van der Waals surface area (Å²) in [7, 11) is 0. The lowest BCUT2D eigenvalue weighted by Gasteiger charge is -2.14. The molecule has 3 rings (SSSR count). The van der Waals surface area contributed by atoms with Crippen molar-refractivity contribution in [1.82, 2.24) is 5.32 Å². The molecule has 1 unspecified atom stereocenters. The molecule has 0 aliphatic rings. The summed E-state index contributed by atoms with van der Waals surface area (Å²) >= 11 is 0. The zero-order chi connectivity index (χ0) is 13.9. The van der Waals surface area contributed by atoms with E-state index in [1.54, 1.807) is 0 Å². The highest BCUT2D eigenvalue weighted by Crippen LogP contribution is 2.25. The molecule has 0 spiro atoms. The molecule has 2 heteroatoms. The van der Waals surface area contributed by atoms with Crippen LogP contribution in [0.1, 0.15) is 29.9 Å². The lowest BCUT2D eigenvalue weighted by molar-refractivity contribution is 0.544. The van der Waals surface area contributed by atoms with Gasteiger partial charge in [0, 0.05) is 23.5 Å². The minimum absolute atomic E-state index is 0.323. The van der Waals surface area contributed by atoms with Gasteiger partial charge in [0.1, 0.15) is 11.3 Å². The minimum atomic E-state index is 0.323. The van der Waals surface area contributed by atoms with Crippen LogP contribution in [0.25, 0.3) is 11.0 Å². The van der Waals surface area contributed by atoms with Crippen LogP contribution in [-0.2, 0) is 6.54 Å². The van der Waals surface area contributed by atoms with Crippen LogP contribution in [0.15, 0.2) is 59.0 Å². The number of aryl methyl sites for hydroxylation is 1. The fraction of sp³-hybridized carbons (Fsp3) is 0.222. The third kappa shape index (κ3) is 2.47. The summed E-state index contributed by atoms with van der Waals surface area (Å²) in [4.78, 5) is 0. The predicted octanol–water partition coefficient (Wildman–Crippen LogP) is 4.59. The molecule has 2 aromatic carbocycles. The summed E-state index contributed by atoms with van der Waals surface area (Å²) in [6.45, 7) is 5.04. The Hall–Kier alpha value is -2.06. The lowest BCUT2D eigenvalue weighted by Crippen LogP contribution is -2.18. The molecule has 0 saturated heterocycles. The first-order chi connectivity index (χ1) is 9.75. The molecule has 1 atom stereocenters. The third-order valence-corrected chi connectivity index (χ3v) is 3.78. The van der Waals surface area contributed by atoms with Gasteiger partial charge in [0.05, 0.1) is 0 Å². The normalized spacial score (nSPS) is 12.7. The lowest BCUT2D eigenvalue weighted by atomic mass is 10.1. The molecule has 0 amide bonds. The Balaban J connectivity index is 1.79. The van der Waals surface area contributed by atoms with Crippen molar-refractivity contribution in [1.29, 1.82) is 0 Å². The molecule has 0 aliphatic heterocycles. The number of hydrogen-bond donors (Lipinski definition) is 1. The molecule has 0 bridgehead atoms. The SMILES string of the molecule is Cc1oc2ccccc2c1CNC(C)c1ccccc1. The van der Waals surface area contributed by atoms with Gasteiger partial charge in [0.2, 0.25) is 0 Å². The van der Waals surface area contributed by atoms with Crippen LogP contribution in [0.3, 0.4) is 0 Å². The van der Waals surface area contributed by atoms with E-state index in [1.165, 1.54) is 16.5 Å². The maximum Gasteiger partial charge on any atom is 0.134 e. The van der Waals surface area contributed by atoms with Crippen molar-refractivity contribution < 1.29 is 4.42 Å². The highest BCUT2D eigenvalue weighted by molar-refractivity contribution is 5.82. The molecule has 1 aromatic heterocycles. The molecule has 2 nitrogen and oxygen atoms in total. The molecule has 0 radical (unpaired) electrons. The second-order valence-electron chi connectivity index (χ2n) is 5.15. The van der Waals surface area contributed by atoms with Crippen LogP contribution in [0, 0.1) is 6.92 Å². The summed E-state index contributed by atoms with van der Waals surface area (Å²) in [6.07, 6.45) is 0. The Morgan fingerprint density at radius 2 is 1.70 bits per heavy atom. The number of rotatable bonds is 4. The summed E-state index contributed by atoms with van der Waals surface area (Å²) in [6, 6.07) is 19.0. The zero-order valence-electron chi connectivity index (χ0n) is 11.9. The molecule has 0 aliphatic carbocycles. The van der Waals surface area contributed by atoms with Crippen LogP contribution in [0.2, 0.25) is 0 Å². The van der Waals surface area contributed by atoms with Crippen molar-refractivity contribution >= 4 is 11.0 Å². The molecular formula is C18H19NO. The van der Waals surface area contributed by atoms with E-state index >= 15 is 0 Å². The van der Waals surface area contributed by atoms with Crippen molar-refractivity contribution in [3.8, 4) is 0 Å². The van der Waals surface area contributed by atoms with Gasteiger partial charge in [-0.15, -0.1) is 0 Å². The zero-order valence-corrected chi connectivity index (χ0v) is 11.9. The summed E-state index contributed by atoms with van der Waals surface area (Å²) in [5, 5.41) is 4.78. The number of fused-ring (bicyclic) bond motifs is 1. The van der Waals surface area contributed by atoms with Gasteiger partial charge in [0.15, 0.2) is 0 Å². The third-order valence-electron chi connectivity index (χ3n) is 3.78. The van der Waals surface area contributed by atoms with Gasteiger partial charge in [0.25, 0.3) is 0 Å². The first-order valence-electron chi connectivity index (χ1n) is 7.01. The van der Waals surface area contributed by atoms with E-state index in [4.69, 9.17) is 4.42 Å².